The molecule has 0 radical (unpaired) electrons. The van der Waals surface area contributed by atoms with E-state index in [0.29, 0.717) is 18.1 Å². The van der Waals surface area contributed by atoms with Crippen LogP contribution in [0.25, 0.3) is 0 Å². The highest BCUT2D eigenvalue weighted by atomic mass is 19.1. The van der Waals surface area contributed by atoms with Crippen LogP contribution in [-0.4, -0.2) is 46.3 Å². The molecular formula is C24H26FN5O4. The van der Waals surface area contributed by atoms with Gasteiger partial charge in [0.05, 0.1) is 18.4 Å². The largest absolute Gasteiger partial charge is 0.492 e. The summed E-state index contributed by atoms with van der Waals surface area (Å²) in [5, 5.41) is 9.89. The molecule has 178 valence electrons. The monoisotopic (exact) mass is 467 g/mol. The maximum absolute atomic E-state index is 13.0. The molecule has 2 N–H and O–H groups in total. The van der Waals surface area contributed by atoms with Gasteiger partial charge in [0.25, 0.3) is 11.8 Å². The normalized spacial score (nSPS) is 15.5. The Labute approximate surface area is 196 Å². The van der Waals surface area contributed by atoms with Crippen molar-refractivity contribution in [3.8, 4) is 5.75 Å². The third-order valence-corrected chi connectivity index (χ3v) is 5.24. The van der Waals surface area contributed by atoms with Gasteiger partial charge in [0.2, 0.25) is 0 Å². The number of halogens is 1. The first kappa shape index (κ1) is 23.4. The highest BCUT2D eigenvalue weighted by Gasteiger charge is 2.24. The number of nitrogens with zero attached hydrogens (tertiary/aromatic N) is 3. The highest BCUT2D eigenvalue weighted by molar-refractivity contribution is 6.07. The maximum atomic E-state index is 13.0. The van der Waals surface area contributed by atoms with Crippen LogP contribution in [0.5, 0.6) is 5.75 Å². The number of pyridine rings is 1. The predicted molar refractivity (Wildman–Crippen MR) is 122 cm³/mol. The van der Waals surface area contributed by atoms with Crippen LogP contribution in [0.15, 0.2) is 48.7 Å². The van der Waals surface area contributed by atoms with Gasteiger partial charge in [0.1, 0.15) is 30.1 Å². The van der Waals surface area contributed by atoms with E-state index in [1.54, 1.807) is 36.0 Å². The molecule has 0 saturated carbocycles. The van der Waals surface area contributed by atoms with Crippen LogP contribution in [0.2, 0.25) is 0 Å². The second kappa shape index (κ2) is 10.9. The molecule has 1 aliphatic heterocycles. The molecule has 3 aromatic rings. The summed E-state index contributed by atoms with van der Waals surface area (Å²) in [6, 6.07) is 10.8. The Balaban J connectivity index is 1.44. The first-order chi connectivity index (χ1) is 16.5. The standard InChI is InChI=1S/C24H26FN5O4/c1-16-5-4-6-19(27-16)23(31)28-20-15-30(21-7-2-3-13-34-21)29-22(20)24(32)26-12-14-33-18-10-8-17(25)9-11-18/h4-6,8-11,15,21H,2-3,7,12-14H2,1H3,(H,26,32)(H,28,31). The number of hydrogen-bond donors (Lipinski definition) is 2. The Hall–Kier alpha value is -3.79. The number of ether oxygens (including phenoxy) is 2. The lowest BCUT2D eigenvalue weighted by Gasteiger charge is -2.22. The molecule has 3 heterocycles. The fourth-order valence-corrected chi connectivity index (χ4v) is 3.53. The Kier molecular flexibility index (Phi) is 7.48. The second-order valence-electron chi connectivity index (χ2n) is 7.87. The van der Waals surface area contributed by atoms with Crippen molar-refractivity contribution in [3.05, 3.63) is 71.6 Å². The van der Waals surface area contributed by atoms with Gasteiger partial charge in [-0.2, -0.15) is 5.10 Å². The summed E-state index contributed by atoms with van der Waals surface area (Å²) in [7, 11) is 0. The van der Waals surface area contributed by atoms with Crippen molar-refractivity contribution in [2.75, 3.05) is 25.1 Å². The Morgan fingerprint density at radius 1 is 1.18 bits per heavy atom. The van der Waals surface area contributed by atoms with Crippen LogP contribution < -0.4 is 15.4 Å². The molecule has 1 atom stereocenters. The highest BCUT2D eigenvalue weighted by Crippen LogP contribution is 2.25. The lowest BCUT2D eigenvalue weighted by Crippen LogP contribution is -2.29. The molecule has 0 aliphatic carbocycles. The number of nitrogens with one attached hydrogen (secondary N) is 2. The van der Waals surface area contributed by atoms with E-state index in [1.165, 1.54) is 24.3 Å². The smallest absolute Gasteiger partial charge is 0.274 e. The average molecular weight is 468 g/mol. The number of aromatic nitrogens is 3. The number of rotatable bonds is 8. The van der Waals surface area contributed by atoms with E-state index in [1.807, 2.05) is 0 Å². The number of carbonyl (C=O) groups excluding carboxylic acids is 2. The topological polar surface area (TPSA) is 107 Å². The van der Waals surface area contributed by atoms with E-state index in [4.69, 9.17) is 9.47 Å². The molecule has 34 heavy (non-hydrogen) atoms. The van der Waals surface area contributed by atoms with Crippen molar-refractivity contribution < 1.29 is 23.5 Å². The molecule has 10 heteroatoms. The number of carbonyl (C=O) groups is 2. The SMILES string of the molecule is Cc1cccc(C(=O)Nc2cn(C3CCCCO3)nc2C(=O)NCCOc2ccc(F)cc2)n1. The molecule has 1 saturated heterocycles. The van der Waals surface area contributed by atoms with Gasteiger partial charge < -0.3 is 20.1 Å². The number of anilines is 1. The zero-order chi connectivity index (χ0) is 23.9. The molecule has 2 aromatic heterocycles. The van der Waals surface area contributed by atoms with E-state index in [-0.39, 0.29) is 42.3 Å². The van der Waals surface area contributed by atoms with Gasteiger partial charge in [-0.25, -0.2) is 14.1 Å². The van der Waals surface area contributed by atoms with Gasteiger partial charge in [-0.15, -0.1) is 0 Å². The van der Waals surface area contributed by atoms with E-state index < -0.39 is 11.8 Å². The molecule has 1 fully saturated rings. The summed E-state index contributed by atoms with van der Waals surface area (Å²) in [6.45, 7) is 2.78. The second-order valence-corrected chi connectivity index (χ2v) is 7.87. The summed E-state index contributed by atoms with van der Waals surface area (Å²) >= 11 is 0. The van der Waals surface area contributed by atoms with Crippen molar-refractivity contribution in [3.63, 3.8) is 0 Å². The van der Waals surface area contributed by atoms with Gasteiger partial charge in [0, 0.05) is 12.3 Å². The van der Waals surface area contributed by atoms with Crippen LogP contribution in [0.4, 0.5) is 10.1 Å². The Morgan fingerprint density at radius 3 is 2.74 bits per heavy atom. The van der Waals surface area contributed by atoms with E-state index in [9.17, 15) is 14.0 Å². The third kappa shape index (κ3) is 5.96. The lowest BCUT2D eigenvalue weighted by atomic mass is 10.2. The lowest BCUT2D eigenvalue weighted by molar-refractivity contribution is -0.0395. The minimum Gasteiger partial charge on any atom is -0.492 e. The van der Waals surface area contributed by atoms with Gasteiger partial charge in [-0.1, -0.05) is 6.07 Å². The van der Waals surface area contributed by atoms with Gasteiger partial charge in [0.15, 0.2) is 5.69 Å². The summed E-state index contributed by atoms with van der Waals surface area (Å²) in [4.78, 5) is 29.9. The number of benzene rings is 1. The van der Waals surface area contributed by atoms with Crippen molar-refractivity contribution in [2.45, 2.75) is 32.4 Å². The predicted octanol–water partition coefficient (Wildman–Crippen LogP) is 3.49. The molecule has 1 aromatic carbocycles. The summed E-state index contributed by atoms with van der Waals surface area (Å²) in [5.74, 6) is -0.770. The fourth-order valence-electron chi connectivity index (χ4n) is 3.53. The van der Waals surface area contributed by atoms with E-state index >= 15 is 0 Å². The zero-order valence-corrected chi connectivity index (χ0v) is 18.8. The summed E-state index contributed by atoms with van der Waals surface area (Å²) < 4.78 is 25.8. The summed E-state index contributed by atoms with van der Waals surface area (Å²) in [6.07, 6.45) is 4.03. The van der Waals surface area contributed by atoms with Crippen molar-refractivity contribution in [1.82, 2.24) is 20.1 Å². The maximum Gasteiger partial charge on any atom is 0.274 e. The van der Waals surface area contributed by atoms with E-state index in [0.717, 1.165) is 19.3 Å². The molecule has 9 nitrogen and oxygen atoms in total. The van der Waals surface area contributed by atoms with Crippen molar-refractivity contribution in [2.24, 2.45) is 0 Å². The fraction of sp³-hybridized carbons (Fsp3) is 0.333. The van der Waals surface area contributed by atoms with Crippen LogP contribution in [-0.2, 0) is 4.74 Å². The van der Waals surface area contributed by atoms with Crippen molar-refractivity contribution >= 4 is 17.5 Å². The zero-order valence-electron chi connectivity index (χ0n) is 18.8. The van der Waals surface area contributed by atoms with Crippen LogP contribution in [0.3, 0.4) is 0 Å². The Bertz CT molecular complexity index is 1140. The molecule has 0 bridgehead atoms. The number of hydrogen-bond acceptors (Lipinski definition) is 6. The summed E-state index contributed by atoms with van der Waals surface area (Å²) in [5.41, 5.74) is 1.27. The van der Waals surface area contributed by atoms with Gasteiger partial charge >= 0.3 is 0 Å². The molecule has 1 aliphatic rings. The molecule has 4 rings (SSSR count). The van der Waals surface area contributed by atoms with Gasteiger partial charge in [-0.05, 0) is 62.6 Å². The molecular weight excluding hydrogens is 441 g/mol. The Morgan fingerprint density at radius 2 is 2.00 bits per heavy atom. The quantitative estimate of drug-likeness (QED) is 0.491. The minimum absolute atomic E-state index is 0.0666. The molecule has 0 spiro atoms. The first-order valence-electron chi connectivity index (χ1n) is 11.1. The molecule has 1 unspecified atom stereocenters. The van der Waals surface area contributed by atoms with E-state index in [2.05, 4.69) is 20.7 Å². The average Bonchev–Trinajstić information content (AvgIpc) is 3.27. The number of aryl methyl sites for hydroxylation is 1. The van der Waals surface area contributed by atoms with Crippen LogP contribution in [0.1, 0.15) is 52.2 Å². The first-order valence-corrected chi connectivity index (χ1v) is 11.1. The van der Waals surface area contributed by atoms with Crippen molar-refractivity contribution in [1.29, 1.82) is 0 Å². The molecule has 2 amide bonds. The third-order valence-electron chi connectivity index (χ3n) is 5.24. The number of amides is 2. The minimum atomic E-state index is -0.468. The van der Waals surface area contributed by atoms with Gasteiger partial charge in [-0.3, -0.25) is 9.59 Å². The van der Waals surface area contributed by atoms with Crippen LogP contribution in [0, 0.1) is 12.7 Å². The van der Waals surface area contributed by atoms with Crippen LogP contribution >= 0.6 is 0 Å².